The molecule has 2 heterocycles. The van der Waals surface area contributed by atoms with E-state index in [2.05, 4.69) is 0 Å². The number of amides is 1. The second-order valence-electron chi connectivity index (χ2n) is 6.17. The number of nitrogens with zero attached hydrogens (tertiary/aromatic N) is 1. The van der Waals surface area contributed by atoms with E-state index in [0.717, 1.165) is 19.3 Å². The van der Waals surface area contributed by atoms with Crippen LogP contribution in [0.25, 0.3) is 0 Å². The zero-order valence-corrected chi connectivity index (χ0v) is 12.4. The summed E-state index contributed by atoms with van der Waals surface area (Å²) in [6, 6.07) is 0. The van der Waals surface area contributed by atoms with Gasteiger partial charge in [-0.3, -0.25) is 9.59 Å². The van der Waals surface area contributed by atoms with Crippen molar-refractivity contribution < 1.29 is 19.4 Å². The minimum Gasteiger partial charge on any atom is -0.481 e. The molecule has 5 heteroatoms. The molecule has 0 radical (unpaired) electrons. The number of carboxylic acids is 1. The molecule has 0 aliphatic carbocycles. The first-order chi connectivity index (χ1) is 9.50. The summed E-state index contributed by atoms with van der Waals surface area (Å²) in [5, 5.41) is 9.57. The number of carboxylic acid groups (broad SMARTS) is 1. The predicted molar refractivity (Wildman–Crippen MR) is 74.3 cm³/mol. The number of carbonyl (C=O) groups is 2. The molecule has 2 aliphatic heterocycles. The van der Waals surface area contributed by atoms with Crippen LogP contribution < -0.4 is 0 Å². The van der Waals surface area contributed by atoms with E-state index in [1.807, 2.05) is 13.8 Å². The van der Waals surface area contributed by atoms with Crippen LogP contribution in [-0.4, -0.2) is 47.7 Å². The lowest BCUT2D eigenvalue weighted by atomic mass is 9.76. The summed E-state index contributed by atoms with van der Waals surface area (Å²) >= 11 is 0. The lowest BCUT2D eigenvalue weighted by molar-refractivity contribution is -0.156. The number of piperidine rings is 1. The van der Waals surface area contributed by atoms with Gasteiger partial charge in [-0.2, -0.15) is 0 Å². The molecule has 0 bridgehead atoms. The highest BCUT2D eigenvalue weighted by Gasteiger charge is 2.44. The molecule has 5 nitrogen and oxygen atoms in total. The Kier molecular flexibility index (Phi) is 4.68. The van der Waals surface area contributed by atoms with E-state index in [4.69, 9.17) is 4.74 Å². The Morgan fingerprint density at radius 1 is 1.45 bits per heavy atom. The average molecular weight is 283 g/mol. The smallest absolute Gasteiger partial charge is 0.311 e. The molecule has 2 fully saturated rings. The van der Waals surface area contributed by atoms with Crippen LogP contribution in [0, 0.1) is 11.3 Å². The van der Waals surface area contributed by atoms with Gasteiger partial charge in [-0.05, 0) is 32.6 Å². The number of hydrogen-bond acceptors (Lipinski definition) is 3. The van der Waals surface area contributed by atoms with Gasteiger partial charge in [-0.1, -0.05) is 13.3 Å². The molecule has 0 aromatic rings. The van der Waals surface area contributed by atoms with Gasteiger partial charge in [0.25, 0.3) is 0 Å². The van der Waals surface area contributed by atoms with Crippen LogP contribution in [-0.2, 0) is 14.3 Å². The van der Waals surface area contributed by atoms with Gasteiger partial charge in [0.1, 0.15) is 0 Å². The maximum atomic E-state index is 12.6. The molecular weight excluding hydrogens is 258 g/mol. The van der Waals surface area contributed by atoms with E-state index in [9.17, 15) is 14.7 Å². The summed E-state index contributed by atoms with van der Waals surface area (Å²) in [5.74, 6) is -0.773. The summed E-state index contributed by atoms with van der Waals surface area (Å²) in [4.78, 5) is 26.0. The Labute approximate surface area is 120 Å². The number of likely N-dealkylation sites (tertiary alicyclic amines) is 1. The quantitative estimate of drug-likeness (QED) is 0.855. The molecule has 2 rings (SSSR count). The molecule has 114 valence electrons. The molecule has 1 N–H and O–H groups in total. The van der Waals surface area contributed by atoms with Crippen LogP contribution in [0.5, 0.6) is 0 Å². The Bertz CT molecular complexity index is 380. The lowest BCUT2D eigenvalue weighted by Gasteiger charge is -2.41. The maximum Gasteiger partial charge on any atom is 0.311 e. The van der Waals surface area contributed by atoms with Gasteiger partial charge < -0.3 is 14.7 Å². The molecule has 3 unspecified atom stereocenters. The minimum absolute atomic E-state index is 0.0465. The highest BCUT2D eigenvalue weighted by molar-refractivity contribution is 5.82. The van der Waals surface area contributed by atoms with Crippen molar-refractivity contribution in [2.75, 3.05) is 19.7 Å². The van der Waals surface area contributed by atoms with Gasteiger partial charge in [-0.25, -0.2) is 0 Å². The first kappa shape index (κ1) is 15.3. The van der Waals surface area contributed by atoms with Gasteiger partial charge in [0.05, 0.1) is 17.4 Å². The molecule has 2 aliphatic rings. The van der Waals surface area contributed by atoms with Gasteiger partial charge in [-0.15, -0.1) is 0 Å². The van der Waals surface area contributed by atoms with Crippen molar-refractivity contribution in [1.82, 2.24) is 4.90 Å². The van der Waals surface area contributed by atoms with E-state index in [1.54, 1.807) is 4.90 Å². The van der Waals surface area contributed by atoms with Crippen molar-refractivity contribution in [3.63, 3.8) is 0 Å². The van der Waals surface area contributed by atoms with E-state index < -0.39 is 11.4 Å². The second kappa shape index (κ2) is 6.12. The van der Waals surface area contributed by atoms with Gasteiger partial charge in [0, 0.05) is 19.7 Å². The third kappa shape index (κ3) is 2.82. The number of carbonyl (C=O) groups excluding carboxylic acids is 1. The molecular formula is C15H25NO4. The average Bonchev–Trinajstić information content (AvgIpc) is 2.84. The highest BCUT2D eigenvalue weighted by atomic mass is 16.5. The Balaban J connectivity index is 2.09. The van der Waals surface area contributed by atoms with Crippen molar-refractivity contribution >= 4 is 11.9 Å². The summed E-state index contributed by atoms with van der Waals surface area (Å²) < 4.78 is 5.46. The molecule has 20 heavy (non-hydrogen) atoms. The zero-order valence-electron chi connectivity index (χ0n) is 12.4. The van der Waals surface area contributed by atoms with Crippen LogP contribution in [0.3, 0.4) is 0 Å². The fraction of sp³-hybridized carbons (Fsp3) is 0.867. The van der Waals surface area contributed by atoms with Gasteiger partial charge in [0.15, 0.2) is 0 Å². The molecule has 0 aromatic heterocycles. The molecule has 1 amide bonds. The summed E-state index contributed by atoms with van der Waals surface area (Å²) in [6.07, 6.45) is 3.64. The largest absolute Gasteiger partial charge is 0.481 e. The topological polar surface area (TPSA) is 66.8 Å². The van der Waals surface area contributed by atoms with Crippen molar-refractivity contribution in [1.29, 1.82) is 0 Å². The zero-order chi connectivity index (χ0) is 14.8. The molecule has 0 saturated carbocycles. The van der Waals surface area contributed by atoms with Crippen LogP contribution >= 0.6 is 0 Å². The van der Waals surface area contributed by atoms with Crippen molar-refractivity contribution in [3.05, 3.63) is 0 Å². The number of hydrogen-bond donors (Lipinski definition) is 1. The van der Waals surface area contributed by atoms with E-state index in [1.165, 1.54) is 0 Å². The van der Waals surface area contributed by atoms with Crippen LogP contribution in [0.4, 0.5) is 0 Å². The second-order valence-corrected chi connectivity index (χ2v) is 6.17. The number of ether oxygens (including phenoxy) is 1. The first-order valence-electron chi connectivity index (χ1n) is 7.64. The van der Waals surface area contributed by atoms with Crippen molar-refractivity contribution in [2.45, 2.75) is 52.1 Å². The summed E-state index contributed by atoms with van der Waals surface area (Å²) in [5.41, 5.74) is -0.745. The fourth-order valence-electron chi connectivity index (χ4n) is 3.57. The predicted octanol–water partition coefficient (Wildman–Crippen LogP) is 1.90. The Morgan fingerprint density at radius 3 is 2.75 bits per heavy atom. The van der Waals surface area contributed by atoms with E-state index in [-0.39, 0.29) is 17.9 Å². The monoisotopic (exact) mass is 283 g/mol. The highest BCUT2D eigenvalue weighted by Crippen LogP contribution is 2.36. The Morgan fingerprint density at radius 2 is 2.20 bits per heavy atom. The minimum atomic E-state index is -0.757. The number of aliphatic carboxylic acids is 1. The lowest BCUT2D eigenvalue weighted by Crippen LogP contribution is -2.52. The van der Waals surface area contributed by atoms with Gasteiger partial charge >= 0.3 is 5.97 Å². The first-order valence-corrected chi connectivity index (χ1v) is 7.64. The molecule has 2 saturated heterocycles. The Hall–Kier alpha value is -1.10. The van der Waals surface area contributed by atoms with E-state index in [0.29, 0.717) is 32.5 Å². The van der Waals surface area contributed by atoms with E-state index >= 15 is 0 Å². The SMILES string of the molecule is CCCC1(C(=O)O)CCCN(C(=O)C2CCOC2C)C1. The normalized spacial score (nSPS) is 34.2. The third-order valence-electron chi connectivity index (χ3n) is 4.76. The van der Waals surface area contributed by atoms with Crippen molar-refractivity contribution in [3.8, 4) is 0 Å². The summed E-state index contributed by atoms with van der Waals surface area (Å²) in [6.45, 7) is 5.60. The molecule has 0 aromatic carbocycles. The van der Waals surface area contributed by atoms with Crippen molar-refractivity contribution in [2.24, 2.45) is 11.3 Å². The van der Waals surface area contributed by atoms with Crippen LogP contribution in [0.2, 0.25) is 0 Å². The molecule has 3 atom stereocenters. The number of rotatable bonds is 4. The maximum absolute atomic E-state index is 12.6. The van der Waals surface area contributed by atoms with Crippen LogP contribution in [0.15, 0.2) is 0 Å². The van der Waals surface area contributed by atoms with Gasteiger partial charge in [0.2, 0.25) is 5.91 Å². The standard InChI is InChI=1S/C15H25NO4/c1-3-6-15(14(18)19)7-4-8-16(10-15)13(17)12-5-9-20-11(12)2/h11-12H,3-10H2,1-2H3,(H,18,19). The third-order valence-corrected chi connectivity index (χ3v) is 4.76. The fourth-order valence-corrected chi connectivity index (χ4v) is 3.57. The summed E-state index contributed by atoms with van der Waals surface area (Å²) in [7, 11) is 0. The van der Waals surface area contributed by atoms with Crippen LogP contribution in [0.1, 0.15) is 46.0 Å². The molecule has 0 spiro atoms.